The van der Waals surface area contributed by atoms with E-state index in [9.17, 15) is 5.11 Å². The number of aliphatic hydroxyl groups is 1. The van der Waals surface area contributed by atoms with Crippen LogP contribution in [-0.2, 0) is 0 Å². The van der Waals surface area contributed by atoms with E-state index in [1.807, 2.05) is 25.1 Å². The van der Waals surface area contributed by atoms with Crippen molar-refractivity contribution >= 4 is 11.6 Å². The molecule has 0 aromatic heterocycles. The van der Waals surface area contributed by atoms with Gasteiger partial charge in [0.1, 0.15) is 5.60 Å². The summed E-state index contributed by atoms with van der Waals surface area (Å²) < 4.78 is 0. The zero-order valence-electron chi connectivity index (χ0n) is 9.39. The Labute approximate surface area is 101 Å². The largest absolute Gasteiger partial charge is 0.378 e. The van der Waals surface area contributed by atoms with Crippen molar-refractivity contribution < 1.29 is 5.11 Å². The molecule has 1 saturated carbocycles. The molecule has 1 N–H and O–H groups in total. The lowest BCUT2D eigenvalue weighted by Gasteiger charge is -2.13. The van der Waals surface area contributed by atoms with Crippen LogP contribution in [0.4, 0.5) is 0 Å². The monoisotopic (exact) mass is 234 g/mol. The highest BCUT2D eigenvalue weighted by molar-refractivity contribution is 6.31. The fourth-order valence-electron chi connectivity index (χ4n) is 2.01. The molecule has 1 aliphatic carbocycles. The molecule has 0 unspecified atom stereocenters. The summed E-state index contributed by atoms with van der Waals surface area (Å²) >= 11 is 6.01. The summed E-state index contributed by atoms with van der Waals surface area (Å²) in [4.78, 5) is 0. The van der Waals surface area contributed by atoms with Crippen LogP contribution < -0.4 is 0 Å². The lowest BCUT2D eigenvalue weighted by Crippen LogP contribution is -2.20. The molecular weight excluding hydrogens is 220 g/mol. The molecule has 0 amide bonds. The number of hydrogen-bond acceptors (Lipinski definition) is 1. The molecule has 0 radical (unpaired) electrons. The highest BCUT2D eigenvalue weighted by Crippen LogP contribution is 2.28. The van der Waals surface area contributed by atoms with Crippen molar-refractivity contribution in [2.75, 3.05) is 0 Å². The number of halogens is 1. The third-order valence-electron chi connectivity index (χ3n) is 3.13. The summed E-state index contributed by atoms with van der Waals surface area (Å²) in [7, 11) is 0. The minimum absolute atomic E-state index is 0.727. The van der Waals surface area contributed by atoms with Crippen molar-refractivity contribution in [1.82, 2.24) is 0 Å². The molecule has 1 aromatic carbocycles. The van der Waals surface area contributed by atoms with Gasteiger partial charge in [0.2, 0.25) is 0 Å². The van der Waals surface area contributed by atoms with Gasteiger partial charge >= 0.3 is 0 Å². The predicted molar refractivity (Wildman–Crippen MR) is 66.5 cm³/mol. The summed E-state index contributed by atoms with van der Waals surface area (Å²) in [5, 5.41) is 10.8. The topological polar surface area (TPSA) is 20.2 Å². The quantitative estimate of drug-likeness (QED) is 0.683. The van der Waals surface area contributed by atoms with Gasteiger partial charge in [0.05, 0.1) is 0 Å². The summed E-state index contributed by atoms with van der Waals surface area (Å²) in [6, 6.07) is 5.68. The standard InChI is InChI=1S/C14H15ClO/c1-11-12(5-4-6-13(11)15)7-10-14(16)8-2-3-9-14/h4-6,16H,2-3,8-9H2,1H3. The SMILES string of the molecule is Cc1c(Cl)cccc1C#CC1(O)CCCC1. The van der Waals surface area contributed by atoms with Gasteiger partial charge in [-0.3, -0.25) is 0 Å². The van der Waals surface area contributed by atoms with Crippen molar-refractivity contribution in [1.29, 1.82) is 0 Å². The fourth-order valence-corrected chi connectivity index (χ4v) is 2.19. The summed E-state index contributed by atoms with van der Waals surface area (Å²) in [5.74, 6) is 6.04. The van der Waals surface area contributed by atoms with Gasteiger partial charge in [-0.15, -0.1) is 0 Å². The molecule has 0 spiro atoms. The zero-order chi connectivity index (χ0) is 11.6. The van der Waals surface area contributed by atoms with Crippen LogP contribution in [0.25, 0.3) is 0 Å². The van der Waals surface area contributed by atoms with E-state index in [1.165, 1.54) is 0 Å². The van der Waals surface area contributed by atoms with Crippen LogP contribution in [0.15, 0.2) is 18.2 Å². The minimum Gasteiger partial charge on any atom is -0.378 e. The Morgan fingerprint density at radius 3 is 2.69 bits per heavy atom. The van der Waals surface area contributed by atoms with E-state index in [-0.39, 0.29) is 0 Å². The lowest BCUT2D eigenvalue weighted by atomic mass is 10.0. The summed E-state index contributed by atoms with van der Waals surface area (Å²) in [6.45, 7) is 1.95. The number of rotatable bonds is 0. The molecule has 0 heterocycles. The molecule has 0 saturated heterocycles. The second-order valence-electron chi connectivity index (χ2n) is 4.40. The maximum Gasteiger partial charge on any atom is 0.125 e. The minimum atomic E-state index is -0.769. The first-order valence-corrected chi connectivity index (χ1v) is 5.99. The molecule has 1 fully saturated rings. The van der Waals surface area contributed by atoms with E-state index >= 15 is 0 Å². The molecular formula is C14H15ClO. The molecule has 0 aliphatic heterocycles. The molecule has 1 aliphatic rings. The fraction of sp³-hybridized carbons (Fsp3) is 0.429. The zero-order valence-corrected chi connectivity index (χ0v) is 10.1. The van der Waals surface area contributed by atoms with E-state index in [0.717, 1.165) is 41.8 Å². The van der Waals surface area contributed by atoms with Crippen LogP contribution in [-0.4, -0.2) is 10.7 Å². The van der Waals surface area contributed by atoms with E-state index in [0.29, 0.717) is 0 Å². The van der Waals surface area contributed by atoms with Gasteiger partial charge in [-0.2, -0.15) is 0 Å². The third-order valence-corrected chi connectivity index (χ3v) is 3.54. The van der Waals surface area contributed by atoms with Crippen molar-refractivity contribution in [3.63, 3.8) is 0 Å². The van der Waals surface area contributed by atoms with Gasteiger partial charge in [0, 0.05) is 10.6 Å². The summed E-state index contributed by atoms with van der Waals surface area (Å²) in [6.07, 6.45) is 3.72. The van der Waals surface area contributed by atoms with Crippen LogP contribution >= 0.6 is 11.6 Å². The summed E-state index contributed by atoms with van der Waals surface area (Å²) in [5.41, 5.74) is 1.13. The Bertz CT molecular complexity index is 448. The van der Waals surface area contributed by atoms with Gasteiger partial charge < -0.3 is 5.11 Å². The van der Waals surface area contributed by atoms with Gasteiger partial charge in [0.15, 0.2) is 0 Å². The average molecular weight is 235 g/mol. The predicted octanol–water partition coefficient (Wildman–Crippen LogP) is 3.31. The lowest BCUT2D eigenvalue weighted by molar-refractivity contribution is 0.110. The number of benzene rings is 1. The molecule has 2 heteroatoms. The highest BCUT2D eigenvalue weighted by atomic mass is 35.5. The first-order valence-electron chi connectivity index (χ1n) is 5.61. The Morgan fingerprint density at radius 1 is 1.31 bits per heavy atom. The van der Waals surface area contributed by atoms with Crippen molar-refractivity contribution in [2.45, 2.75) is 38.2 Å². The second-order valence-corrected chi connectivity index (χ2v) is 4.81. The van der Waals surface area contributed by atoms with Crippen LogP contribution in [0.5, 0.6) is 0 Å². The van der Waals surface area contributed by atoms with Crippen LogP contribution in [0.2, 0.25) is 5.02 Å². The average Bonchev–Trinajstić information content (AvgIpc) is 2.68. The smallest absolute Gasteiger partial charge is 0.125 e. The van der Waals surface area contributed by atoms with Crippen LogP contribution in [0, 0.1) is 18.8 Å². The van der Waals surface area contributed by atoms with E-state index < -0.39 is 5.60 Å². The highest BCUT2D eigenvalue weighted by Gasteiger charge is 2.28. The van der Waals surface area contributed by atoms with Gasteiger partial charge in [-0.05, 0) is 50.3 Å². The van der Waals surface area contributed by atoms with E-state index in [4.69, 9.17) is 11.6 Å². The maximum atomic E-state index is 10.1. The van der Waals surface area contributed by atoms with Crippen molar-refractivity contribution in [3.05, 3.63) is 34.3 Å². The third kappa shape index (κ3) is 2.40. The molecule has 1 nitrogen and oxygen atoms in total. The van der Waals surface area contributed by atoms with E-state index in [2.05, 4.69) is 11.8 Å². The van der Waals surface area contributed by atoms with Crippen molar-refractivity contribution in [3.8, 4) is 11.8 Å². The van der Waals surface area contributed by atoms with Gasteiger partial charge in [-0.1, -0.05) is 29.5 Å². The Kier molecular flexibility index (Phi) is 3.23. The van der Waals surface area contributed by atoms with Crippen LogP contribution in [0.1, 0.15) is 36.8 Å². The molecule has 16 heavy (non-hydrogen) atoms. The molecule has 0 bridgehead atoms. The first kappa shape index (κ1) is 11.5. The Morgan fingerprint density at radius 2 is 2.00 bits per heavy atom. The molecule has 2 rings (SSSR count). The van der Waals surface area contributed by atoms with E-state index in [1.54, 1.807) is 0 Å². The maximum absolute atomic E-state index is 10.1. The molecule has 1 aromatic rings. The van der Waals surface area contributed by atoms with Gasteiger partial charge in [0.25, 0.3) is 0 Å². The first-order chi connectivity index (χ1) is 7.61. The molecule has 0 atom stereocenters. The van der Waals surface area contributed by atoms with Crippen molar-refractivity contribution in [2.24, 2.45) is 0 Å². The normalized spacial score (nSPS) is 17.9. The second kappa shape index (κ2) is 4.49. The molecule has 84 valence electrons. The Hall–Kier alpha value is -0.970. The number of hydrogen-bond donors (Lipinski definition) is 1. The van der Waals surface area contributed by atoms with Gasteiger partial charge in [-0.25, -0.2) is 0 Å². The van der Waals surface area contributed by atoms with Crippen LogP contribution in [0.3, 0.4) is 0 Å². The Balaban J connectivity index is 2.27.